The molecule has 1 saturated heterocycles. The molecule has 66 valence electrons. The monoisotopic (exact) mass is 167 g/mol. The predicted octanol–water partition coefficient (Wildman–Crippen LogP) is 1.08. The average molecular weight is 167 g/mol. The first-order valence-corrected chi connectivity index (χ1v) is 4.64. The molecule has 0 aromatic carbocycles. The molecule has 1 aliphatic heterocycles. The maximum Gasteiger partial charge on any atom is 0.229 e. The van der Waals surface area contributed by atoms with Crippen molar-refractivity contribution in [3.05, 3.63) is 0 Å². The number of imide groups is 1. The molecule has 2 rings (SSSR count). The predicted molar refractivity (Wildman–Crippen MR) is 43.3 cm³/mol. The summed E-state index contributed by atoms with van der Waals surface area (Å²) in [5, 5.41) is 0. The molecule has 0 atom stereocenters. The van der Waals surface area contributed by atoms with Gasteiger partial charge in [0.25, 0.3) is 0 Å². The number of likely N-dealkylation sites (tertiary alicyclic amines) is 1. The molecule has 0 bridgehead atoms. The van der Waals surface area contributed by atoms with Gasteiger partial charge in [0.2, 0.25) is 11.8 Å². The van der Waals surface area contributed by atoms with Crippen LogP contribution in [0.1, 0.15) is 38.5 Å². The zero-order valence-electron chi connectivity index (χ0n) is 7.08. The zero-order chi connectivity index (χ0) is 8.55. The molecule has 0 unspecified atom stereocenters. The van der Waals surface area contributed by atoms with E-state index < -0.39 is 0 Å². The van der Waals surface area contributed by atoms with Crippen LogP contribution in [0.3, 0.4) is 0 Å². The number of hydrogen-bond acceptors (Lipinski definition) is 2. The molecule has 2 aliphatic rings. The van der Waals surface area contributed by atoms with E-state index >= 15 is 0 Å². The SMILES string of the molecule is O=C1CCC(=O)N1C1CCCC1. The minimum Gasteiger partial charge on any atom is -0.280 e. The molecular weight excluding hydrogens is 154 g/mol. The summed E-state index contributed by atoms with van der Waals surface area (Å²) in [6, 6.07) is 0.243. The van der Waals surface area contributed by atoms with Crippen LogP contribution in [0.5, 0.6) is 0 Å². The summed E-state index contributed by atoms with van der Waals surface area (Å²) in [5.74, 6) is 0.0961. The van der Waals surface area contributed by atoms with Crippen molar-refractivity contribution in [2.45, 2.75) is 44.6 Å². The first-order chi connectivity index (χ1) is 5.79. The highest BCUT2D eigenvalue weighted by Crippen LogP contribution is 2.27. The van der Waals surface area contributed by atoms with Gasteiger partial charge in [-0.15, -0.1) is 0 Å². The minimum absolute atomic E-state index is 0.0481. The highest BCUT2D eigenvalue weighted by molar-refractivity contribution is 6.02. The van der Waals surface area contributed by atoms with Crippen molar-refractivity contribution in [2.24, 2.45) is 0 Å². The van der Waals surface area contributed by atoms with E-state index in [1.807, 2.05) is 0 Å². The number of rotatable bonds is 1. The van der Waals surface area contributed by atoms with E-state index in [9.17, 15) is 9.59 Å². The largest absolute Gasteiger partial charge is 0.280 e. The first kappa shape index (κ1) is 7.77. The number of nitrogens with zero attached hydrogens (tertiary/aromatic N) is 1. The lowest BCUT2D eigenvalue weighted by molar-refractivity contribution is -0.140. The van der Waals surface area contributed by atoms with Crippen LogP contribution < -0.4 is 0 Å². The summed E-state index contributed by atoms with van der Waals surface area (Å²) in [6.07, 6.45) is 5.27. The van der Waals surface area contributed by atoms with Crippen LogP contribution in [0.15, 0.2) is 0 Å². The third kappa shape index (κ3) is 1.13. The van der Waals surface area contributed by atoms with Crippen LogP contribution in [-0.4, -0.2) is 22.8 Å². The summed E-state index contributed by atoms with van der Waals surface area (Å²) < 4.78 is 0. The summed E-state index contributed by atoms with van der Waals surface area (Å²) in [5.41, 5.74) is 0. The number of carbonyl (C=O) groups is 2. The van der Waals surface area contributed by atoms with Crippen LogP contribution in [0.2, 0.25) is 0 Å². The van der Waals surface area contributed by atoms with E-state index in [1.54, 1.807) is 0 Å². The van der Waals surface area contributed by atoms with Crippen LogP contribution in [0.4, 0.5) is 0 Å². The molecule has 0 spiro atoms. The van der Waals surface area contributed by atoms with Gasteiger partial charge in [-0.2, -0.15) is 0 Å². The second kappa shape index (κ2) is 2.88. The zero-order valence-corrected chi connectivity index (χ0v) is 7.08. The Kier molecular flexibility index (Phi) is 1.87. The maximum atomic E-state index is 11.3. The minimum atomic E-state index is 0.0481. The summed E-state index contributed by atoms with van der Waals surface area (Å²) in [4.78, 5) is 24.1. The Morgan fingerprint density at radius 2 is 1.50 bits per heavy atom. The van der Waals surface area contributed by atoms with Crippen molar-refractivity contribution in [1.29, 1.82) is 0 Å². The molecule has 3 heteroatoms. The maximum absolute atomic E-state index is 11.3. The third-order valence-corrected chi connectivity index (χ3v) is 2.78. The normalized spacial score (nSPS) is 25.8. The van der Waals surface area contributed by atoms with Gasteiger partial charge in [-0.3, -0.25) is 14.5 Å². The molecule has 1 saturated carbocycles. The molecule has 0 aromatic rings. The van der Waals surface area contributed by atoms with Gasteiger partial charge in [0.1, 0.15) is 0 Å². The lowest BCUT2D eigenvalue weighted by Crippen LogP contribution is -2.37. The smallest absolute Gasteiger partial charge is 0.229 e. The van der Waals surface area contributed by atoms with Crippen molar-refractivity contribution >= 4 is 11.8 Å². The lowest BCUT2D eigenvalue weighted by atomic mass is 10.2. The van der Waals surface area contributed by atoms with Crippen LogP contribution >= 0.6 is 0 Å². The number of amides is 2. The summed E-state index contributed by atoms with van der Waals surface area (Å²) in [6.45, 7) is 0. The topological polar surface area (TPSA) is 37.4 Å². The van der Waals surface area contributed by atoms with Gasteiger partial charge in [-0.25, -0.2) is 0 Å². The van der Waals surface area contributed by atoms with Gasteiger partial charge in [0.15, 0.2) is 0 Å². The summed E-state index contributed by atoms with van der Waals surface area (Å²) >= 11 is 0. The highest BCUT2D eigenvalue weighted by atomic mass is 16.2. The number of carbonyl (C=O) groups excluding carboxylic acids is 2. The Labute approximate surface area is 71.7 Å². The Hall–Kier alpha value is -0.860. The molecule has 12 heavy (non-hydrogen) atoms. The van der Waals surface area contributed by atoms with Gasteiger partial charge in [-0.1, -0.05) is 12.8 Å². The van der Waals surface area contributed by atoms with Crippen LogP contribution in [-0.2, 0) is 9.59 Å². The van der Waals surface area contributed by atoms with Gasteiger partial charge in [0, 0.05) is 18.9 Å². The molecule has 2 amide bonds. The molecule has 0 N–H and O–H groups in total. The standard InChI is InChI=1S/C9H13NO2/c11-8-5-6-9(12)10(8)7-3-1-2-4-7/h7H,1-6H2. The fourth-order valence-corrected chi connectivity index (χ4v) is 2.16. The van der Waals surface area contributed by atoms with E-state index in [4.69, 9.17) is 0 Å². The van der Waals surface area contributed by atoms with E-state index in [2.05, 4.69) is 0 Å². The van der Waals surface area contributed by atoms with Gasteiger partial charge in [0.05, 0.1) is 0 Å². The lowest BCUT2D eigenvalue weighted by Gasteiger charge is -2.20. The van der Waals surface area contributed by atoms with Crippen molar-refractivity contribution in [1.82, 2.24) is 4.90 Å². The molecule has 1 heterocycles. The summed E-state index contributed by atoms with van der Waals surface area (Å²) in [7, 11) is 0. The van der Waals surface area contributed by atoms with Crippen LogP contribution in [0, 0.1) is 0 Å². The molecular formula is C9H13NO2. The Balaban J connectivity index is 2.09. The average Bonchev–Trinajstić information content (AvgIpc) is 2.61. The Morgan fingerprint density at radius 1 is 1.00 bits per heavy atom. The van der Waals surface area contributed by atoms with E-state index in [0.29, 0.717) is 12.8 Å². The second-order valence-corrected chi connectivity index (χ2v) is 3.60. The van der Waals surface area contributed by atoms with Crippen molar-refractivity contribution in [3.8, 4) is 0 Å². The quantitative estimate of drug-likeness (QED) is 0.548. The van der Waals surface area contributed by atoms with Crippen LogP contribution in [0.25, 0.3) is 0 Å². The molecule has 2 fully saturated rings. The van der Waals surface area contributed by atoms with Crippen molar-refractivity contribution in [3.63, 3.8) is 0 Å². The fourth-order valence-electron chi connectivity index (χ4n) is 2.16. The third-order valence-electron chi connectivity index (χ3n) is 2.78. The first-order valence-electron chi connectivity index (χ1n) is 4.64. The van der Waals surface area contributed by atoms with Crippen molar-refractivity contribution in [2.75, 3.05) is 0 Å². The fraction of sp³-hybridized carbons (Fsp3) is 0.778. The van der Waals surface area contributed by atoms with Gasteiger partial charge in [-0.05, 0) is 12.8 Å². The van der Waals surface area contributed by atoms with Crippen molar-refractivity contribution < 1.29 is 9.59 Å². The molecule has 3 nitrogen and oxygen atoms in total. The van der Waals surface area contributed by atoms with E-state index in [0.717, 1.165) is 12.8 Å². The molecule has 0 radical (unpaired) electrons. The van der Waals surface area contributed by atoms with E-state index in [-0.39, 0.29) is 17.9 Å². The number of hydrogen-bond donors (Lipinski definition) is 0. The Bertz CT molecular complexity index is 203. The second-order valence-electron chi connectivity index (χ2n) is 3.60. The highest BCUT2D eigenvalue weighted by Gasteiger charge is 2.35. The van der Waals surface area contributed by atoms with Gasteiger partial charge < -0.3 is 0 Å². The Morgan fingerprint density at radius 3 is 2.00 bits per heavy atom. The van der Waals surface area contributed by atoms with E-state index in [1.165, 1.54) is 17.7 Å². The van der Waals surface area contributed by atoms with Gasteiger partial charge >= 0.3 is 0 Å². The molecule has 0 aromatic heterocycles. The molecule has 1 aliphatic carbocycles.